The van der Waals surface area contributed by atoms with Gasteiger partial charge in [-0.1, -0.05) is 67.1 Å². The van der Waals surface area contributed by atoms with Gasteiger partial charge in [0.25, 0.3) is 0 Å². The van der Waals surface area contributed by atoms with E-state index in [9.17, 15) is 0 Å². The Bertz CT molecular complexity index is 795. The van der Waals surface area contributed by atoms with Gasteiger partial charge in [-0.05, 0) is 36.8 Å². The van der Waals surface area contributed by atoms with Gasteiger partial charge in [0.1, 0.15) is 11.9 Å². The maximum atomic E-state index is 6.67. The van der Waals surface area contributed by atoms with Gasteiger partial charge in [0.05, 0.1) is 6.61 Å². The molecule has 2 aromatic rings. The third kappa shape index (κ3) is 2.13. The van der Waals surface area contributed by atoms with Crippen molar-refractivity contribution in [2.45, 2.75) is 37.9 Å². The Kier molecular flexibility index (Phi) is 3.49. The van der Waals surface area contributed by atoms with Crippen molar-refractivity contribution in [3.63, 3.8) is 0 Å². The fraction of sp³-hybridized carbons (Fsp3) is 0.391. The molecule has 2 aliphatic carbocycles. The van der Waals surface area contributed by atoms with Gasteiger partial charge in [-0.2, -0.15) is 0 Å². The average Bonchev–Trinajstić information content (AvgIpc) is 3.23. The normalized spacial score (nSPS) is 33.7. The number of hydrogen-bond acceptors (Lipinski definition) is 2. The number of benzene rings is 2. The highest BCUT2D eigenvalue weighted by Gasteiger charge is 2.60. The Morgan fingerprint density at radius 1 is 0.920 bits per heavy atom. The highest BCUT2D eigenvalue weighted by molar-refractivity contribution is 5.75. The zero-order valence-electron chi connectivity index (χ0n) is 14.7. The van der Waals surface area contributed by atoms with Crippen molar-refractivity contribution in [1.29, 1.82) is 0 Å². The van der Waals surface area contributed by atoms with Crippen molar-refractivity contribution < 1.29 is 9.47 Å². The third-order valence-corrected chi connectivity index (χ3v) is 6.14. The van der Waals surface area contributed by atoms with E-state index in [1.54, 1.807) is 0 Å². The van der Waals surface area contributed by atoms with E-state index in [-0.39, 0.29) is 6.10 Å². The lowest BCUT2D eigenvalue weighted by Crippen LogP contribution is -2.45. The summed E-state index contributed by atoms with van der Waals surface area (Å²) in [5, 5.41) is 0. The van der Waals surface area contributed by atoms with Crippen molar-refractivity contribution in [3.8, 4) is 0 Å². The Balaban J connectivity index is 1.77. The number of ether oxygens (including phenoxy) is 2. The monoisotopic (exact) mass is 332 g/mol. The van der Waals surface area contributed by atoms with Crippen LogP contribution in [0.4, 0.5) is 0 Å². The van der Waals surface area contributed by atoms with Gasteiger partial charge in [0.15, 0.2) is 5.60 Å². The van der Waals surface area contributed by atoms with E-state index < -0.39 is 5.60 Å². The molecule has 0 aromatic heterocycles. The zero-order chi connectivity index (χ0) is 16.9. The van der Waals surface area contributed by atoms with Gasteiger partial charge in [0, 0.05) is 11.5 Å². The van der Waals surface area contributed by atoms with Crippen LogP contribution in [0.1, 0.15) is 37.3 Å². The fourth-order valence-corrected chi connectivity index (χ4v) is 5.21. The van der Waals surface area contributed by atoms with Crippen molar-refractivity contribution in [2.24, 2.45) is 11.8 Å². The van der Waals surface area contributed by atoms with E-state index in [0.717, 1.165) is 5.76 Å². The maximum Gasteiger partial charge on any atom is 0.154 e. The molecule has 3 aliphatic rings. The molecule has 0 amide bonds. The van der Waals surface area contributed by atoms with Crippen LogP contribution in [0, 0.1) is 11.8 Å². The van der Waals surface area contributed by atoms with Gasteiger partial charge >= 0.3 is 0 Å². The smallest absolute Gasteiger partial charge is 0.154 e. The Hall–Kier alpha value is -2.06. The van der Waals surface area contributed by atoms with Crippen LogP contribution in [0.5, 0.6) is 0 Å². The lowest BCUT2D eigenvalue weighted by atomic mass is 9.79. The molecule has 5 rings (SSSR count). The van der Waals surface area contributed by atoms with Crippen molar-refractivity contribution in [2.75, 3.05) is 6.61 Å². The second kappa shape index (κ2) is 5.74. The Morgan fingerprint density at radius 2 is 1.64 bits per heavy atom. The average molecular weight is 332 g/mol. The van der Waals surface area contributed by atoms with Crippen LogP contribution >= 0.6 is 0 Å². The van der Waals surface area contributed by atoms with E-state index in [2.05, 4.69) is 67.6 Å². The van der Waals surface area contributed by atoms with Crippen molar-refractivity contribution in [1.82, 2.24) is 0 Å². The van der Waals surface area contributed by atoms with E-state index in [0.29, 0.717) is 18.4 Å². The van der Waals surface area contributed by atoms with E-state index in [4.69, 9.17) is 9.47 Å². The predicted molar refractivity (Wildman–Crippen MR) is 98.8 cm³/mol. The molecule has 0 N–H and O–H groups in total. The molecule has 1 unspecified atom stereocenters. The first-order valence-electron chi connectivity index (χ1n) is 9.47. The van der Waals surface area contributed by atoms with Gasteiger partial charge < -0.3 is 9.47 Å². The molecular weight excluding hydrogens is 308 g/mol. The van der Waals surface area contributed by atoms with E-state index in [1.807, 2.05) is 0 Å². The summed E-state index contributed by atoms with van der Waals surface area (Å²) >= 11 is 0. The molecule has 1 aliphatic heterocycles. The minimum absolute atomic E-state index is 0.101. The topological polar surface area (TPSA) is 18.5 Å². The minimum Gasteiger partial charge on any atom is -0.489 e. The molecule has 1 heterocycles. The lowest BCUT2D eigenvalue weighted by Gasteiger charge is -2.43. The number of allylic oxidation sites excluding steroid dienone is 1. The predicted octanol–water partition coefficient (Wildman–Crippen LogP) is 5.16. The quantitative estimate of drug-likeness (QED) is 0.756. The molecule has 0 spiro atoms. The van der Waals surface area contributed by atoms with Gasteiger partial charge in [-0.25, -0.2) is 0 Å². The van der Waals surface area contributed by atoms with Crippen LogP contribution in [0.3, 0.4) is 0 Å². The Labute approximate surface area is 149 Å². The molecule has 2 nitrogen and oxygen atoms in total. The number of hydrogen-bond donors (Lipinski definition) is 0. The van der Waals surface area contributed by atoms with Crippen LogP contribution in [0.15, 0.2) is 66.4 Å². The number of rotatable bonds is 2. The summed E-state index contributed by atoms with van der Waals surface area (Å²) in [5.41, 5.74) is 3.53. The molecule has 2 aromatic carbocycles. The summed E-state index contributed by atoms with van der Waals surface area (Å²) in [4.78, 5) is 0. The fourth-order valence-electron chi connectivity index (χ4n) is 5.21. The van der Waals surface area contributed by atoms with Crippen LogP contribution in [0.25, 0.3) is 5.57 Å². The molecule has 128 valence electrons. The largest absolute Gasteiger partial charge is 0.489 e. The third-order valence-electron chi connectivity index (χ3n) is 6.14. The first-order valence-corrected chi connectivity index (χ1v) is 9.47. The van der Waals surface area contributed by atoms with Crippen LogP contribution in [0.2, 0.25) is 0 Å². The summed E-state index contributed by atoms with van der Waals surface area (Å²) < 4.78 is 13.2. The molecule has 1 saturated heterocycles. The van der Waals surface area contributed by atoms with Crippen molar-refractivity contribution in [3.05, 3.63) is 77.5 Å². The lowest BCUT2D eigenvalue weighted by molar-refractivity contribution is -0.166. The van der Waals surface area contributed by atoms with Crippen molar-refractivity contribution >= 4 is 5.57 Å². The van der Waals surface area contributed by atoms with Crippen LogP contribution < -0.4 is 0 Å². The summed E-state index contributed by atoms with van der Waals surface area (Å²) in [7, 11) is 0. The van der Waals surface area contributed by atoms with E-state index >= 15 is 0 Å². The highest BCUT2D eigenvalue weighted by atomic mass is 16.6. The van der Waals surface area contributed by atoms with E-state index in [1.165, 1.54) is 36.0 Å². The Morgan fingerprint density at radius 3 is 2.40 bits per heavy atom. The van der Waals surface area contributed by atoms with Gasteiger partial charge in [0.2, 0.25) is 0 Å². The molecule has 2 heteroatoms. The second-order valence-corrected chi connectivity index (χ2v) is 7.59. The maximum absolute atomic E-state index is 6.67. The standard InChI is InChI=1S/C23H24O2/c1-16-15-24-23(18-11-6-3-7-12-18)20-14-8-13-19(20)21(22(23)25-16)17-9-4-2-5-10-17/h2-7,9-12,16,19-20H,8,13-15H2,1H3/t16?,19-,20+,23+/m0/s1. The molecule has 0 bridgehead atoms. The molecule has 25 heavy (non-hydrogen) atoms. The molecular formula is C23H24O2. The summed E-state index contributed by atoms with van der Waals surface area (Å²) in [6, 6.07) is 21.5. The van der Waals surface area contributed by atoms with Gasteiger partial charge in [-0.15, -0.1) is 0 Å². The minimum atomic E-state index is -0.403. The summed E-state index contributed by atoms with van der Waals surface area (Å²) in [5.74, 6) is 2.09. The molecule has 1 saturated carbocycles. The summed E-state index contributed by atoms with van der Waals surface area (Å²) in [6.07, 6.45) is 3.81. The van der Waals surface area contributed by atoms with Crippen LogP contribution in [-0.4, -0.2) is 12.7 Å². The number of fused-ring (bicyclic) bond motifs is 3. The first-order chi connectivity index (χ1) is 12.3. The SMILES string of the molecule is CC1CO[C@@]2(c3ccccc3)C(=C(c3ccccc3)[C@H]3CCC[C@H]32)O1. The van der Waals surface area contributed by atoms with Crippen LogP contribution in [-0.2, 0) is 15.1 Å². The second-order valence-electron chi connectivity index (χ2n) is 7.59. The summed E-state index contributed by atoms with van der Waals surface area (Å²) in [6.45, 7) is 2.77. The van der Waals surface area contributed by atoms with Gasteiger partial charge in [-0.3, -0.25) is 0 Å². The molecule has 0 radical (unpaired) electrons. The highest BCUT2D eigenvalue weighted by Crippen LogP contribution is 2.63. The first kappa shape index (κ1) is 15.2. The molecule has 4 atom stereocenters. The zero-order valence-corrected chi connectivity index (χ0v) is 14.7. The molecule has 2 fully saturated rings.